The van der Waals surface area contributed by atoms with Crippen LogP contribution < -0.4 is 10.9 Å². The summed E-state index contributed by atoms with van der Waals surface area (Å²) in [5.74, 6) is 0. The van der Waals surface area contributed by atoms with E-state index >= 15 is 0 Å². The molecule has 0 bridgehead atoms. The molecule has 0 aliphatic heterocycles. The first-order valence-electron chi connectivity index (χ1n) is 5.29. The Hall–Kier alpha value is -1.92. The lowest BCUT2D eigenvalue weighted by atomic mass is 10.2. The van der Waals surface area contributed by atoms with Crippen molar-refractivity contribution in [1.82, 2.24) is 0 Å². The van der Waals surface area contributed by atoms with Crippen LogP contribution in [0.25, 0.3) is 0 Å². The van der Waals surface area contributed by atoms with Crippen molar-refractivity contribution < 1.29 is 13.1 Å². The van der Waals surface area contributed by atoms with Gasteiger partial charge >= 0.3 is 0 Å². The number of hydrogen-bond acceptors (Lipinski definition) is 3. The van der Waals surface area contributed by atoms with E-state index in [0.717, 1.165) is 0 Å². The molecule has 104 valence electrons. The Balaban J connectivity index is 0.000000352. The maximum atomic E-state index is 10.7. The van der Waals surface area contributed by atoms with E-state index in [1.54, 1.807) is 0 Å². The van der Waals surface area contributed by atoms with Crippen molar-refractivity contribution in [2.24, 2.45) is 5.14 Å². The van der Waals surface area contributed by atoms with Crippen LogP contribution in [0, 0.1) is 6.92 Å². The monoisotopic (exact) mass is 284 g/mol. The summed E-state index contributed by atoms with van der Waals surface area (Å²) < 4.78 is 21.4. The van der Waals surface area contributed by atoms with Gasteiger partial charge in [0.15, 0.2) is 0 Å². The molecule has 2 aromatic rings. The largest absolute Gasteiger partial charge is 0.399 e. The molecule has 0 unspecified atom stereocenters. The lowest BCUT2D eigenvalue weighted by molar-refractivity contribution is 0.598. The molecule has 0 aromatic heterocycles. The van der Waals surface area contributed by atoms with Crippen LogP contribution in [-0.2, 0) is 10.0 Å². The van der Waals surface area contributed by atoms with Crippen molar-refractivity contribution in [3.63, 3.8) is 0 Å². The van der Waals surface area contributed by atoms with E-state index in [9.17, 15) is 8.42 Å². The van der Waals surface area contributed by atoms with Gasteiger partial charge in [0.25, 0.3) is 0 Å². The molecule has 4 N–H and O–H groups in total. The van der Waals surface area contributed by atoms with Crippen LogP contribution in [0.1, 0.15) is 5.56 Å². The van der Waals surface area contributed by atoms with E-state index in [1.165, 1.54) is 29.8 Å². The highest BCUT2D eigenvalue weighted by Gasteiger charge is 2.04. The number of halogens is 1. The zero-order chi connectivity index (χ0) is 13.6. The van der Waals surface area contributed by atoms with Crippen LogP contribution in [0.3, 0.4) is 0 Å². The molecule has 2 aromatic carbocycles. The maximum absolute atomic E-state index is 10.7. The Labute approximate surface area is 112 Å². The third-order valence-corrected chi connectivity index (χ3v) is 3.08. The smallest absolute Gasteiger partial charge is 0.238 e. The molecule has 0 aliphatic rings. The summed E-state index contributed by atoms with van der Waals surface area (Å²) in [7, 11) is -3.58. The highest BCUT2D eigenvalue weighted by molar-refractivity contribution is 7.89. The fraction of sp³-hybridized carbons (Fsp3) is 0.0769. The summed E-state index contributed by atoms with van der Waals surface area (Å²) in [4.78, 5) is 0.0756. The van der Waals surface area contributed by atoms with Gasteiger partial charge in [-0.2, -0.15) is 0 Å². The van der Waals surface area contributed by atoms with Crippen molar-refractivity contribution in [3.8, 4) is 0 Å². The molecule has 19 heavy (non-hydrogen) atoms. The van der Waals surface area contributed by atoms with E-state index in [2.05, 4.69) is 19.1 Å². The van der Waals surface area contributed by atoms with E-state index in [-0.39, 0.29) is 9.60 Å². The number of benzene rings is 2. The van der Waals surface area contributed by atoms with Gasteiger partial charge in [-0.1, -0.05) is 35.9 Å². The van der Waals surface area contributed by atoms with Crippen LogP contribution in [0.15, 0.2) is 59.5 Å². The molecular weight excluding hydrogens is 267 g/mol. The fourth-order valence-electron chi connectivity index (χ4n) is 1.19. The van der Waals surface area contributed by atoms with Gasteiger partial charge < -0.3 is 5.73 Å². The van der Waals surface area contributed by atoms with Crippen LogP contribution in [0.5, 0.6) is 0 Å². The second kappa shape index (κ2) is 7.50. The molecule has 6 heteroatoms. The van der Waals surface area contributed by atoms with Crippen LogP contribution >= 0.6 is 0 Å². The minimum atomic E-state index is -3.58. The average Bonchev–Trinajstić information content (AvgIpc) is 2.30. The summed E-state index contributed by atoms with van der Waals surface area (Å²) in [6.45, 7) is 2.08. The Bertz CT molecular complexity index is 584. The Morgan fingerprint density at radius 3 is 1.68 bits per heavy atom. The van der Waals surface area contributed by atoms with E-state index in [4.69, 9.17) is 10.9 Å². The van der Waals surface area contributed by atoms with Gasteiger partial charge in [-0.3, -0.25) is 4.70 Å². The van der Waals surface area contributed by atoms with E-state index in [0.29, 0.717) is 5.69 Å². The number of aryl methyl sites for hydroxylation is 1. The standard InChI is InChI=1S/C7H8.C6H8N2O2S.FH/c1-7-5-3-2-4-6-7;7-5-1-3-6(4-2-5)11(8,9)10;/h2-6H,1H3;1-4H,7H2,(H2,8,9,10);1H. The molecular formula is C13H17FN2O2S. The highest BCUT2D eigenvalue weighted by atomic mass is 32.2. The molecule has 2 rings (SSSR count). The second-order valence-corrected chi connectivity index (χ2v) is 5.33. The van der Waals surface area contributed by atoms with Crippen molar-refractivity contribution in [2.45, 2.75) is 11.8 Å². The van der Waals surface area contributed by atoms with Crippen molar-refractivity contribution >= 4 is 15.7 Å². The first kappa shape index (κ1) is 17.1. The van der Waals surface area contributed by atoms with Gasteiger partial charge in [0.1, 0.15) is 0 Å². The number of hydrogen-bond donors (Lipinski definition) is 2. The second-order valence-electron chi connectivity index (χ2n) is 3.77. The number of anilines is 1. The van der Waals surface area contributed by atoms with Gasteiger partial charge in [0.05, 0.1) is 4.90 Å². The van der Waals surface area contributed by atoms with Gasteiger partial charge in [0, 0.05) is 5.69 Å². The number of nitrogen functional groups attached to an aromatic ring is 1. The van der Waals surface area contributed by atoms with Gasteiger partial charge in [0.2, 0.25) is 10.0 Å². The van der Waals surface area contributed by atoms with Gasteiger partial charge in [-0.05, 0) is 31.2 Å². The zero-order valence-electron chi connectivity index (χ0n) is 10.5. The minimum Gasteiger partial charge on any atom is -0.399 e. The number of nitrogens with two attached hydrogens (primary N) is 2. The first-order valence-corrected chi connectivity index (χ1v) is 6.84. The van der Waals surface area contributed by atoms with Gasteiger partial charge in [-0.15, -0.1) is 0 Å². The molecule has 0 heterocycles. The highest BCUT2D eigenvalue weighted by Crippen LogP contribution is 2.08. The normalized spacial score (nSPS) is 9.79. The third kappa shape index (κ3) is 6.54. The third-order valence-electron chi connectivity index (χ3n) is 2.15. The van der Waals surface area contributed by atoms with E-state index in [1.807, 2.05) is 18.2 Å². The molecule has 0 spiro atoms. The summed E-state index contributed by atoms with van der Waals surface area (Å²) in [5.41, 5.74) is 7.17. The Kier molecular flexibility index (Phi) is 6.74. The lowest BCUT2D eigenvalue weighted by Gasteiger charge is -1.96. The molecule has 0 radical (unpaired) electrons. The zero-order valence-corrected chi connectivity index (χ0v) is 11.3. The maximum Gasteiger partial charge on any atom is 0.238 e. The minimum absolute atomic E-state index is 0. The molecule has 0 saturated heterocycles. The SMILES string of the molecule is Cc1ccccc1.F.Nc1ccc(S(N)(=O)=O)cc1. The quantitative estimate of drug-likeness (QED) is 0.786. The van der Waals surface area contributed by atoms with Crippen LogP contribution in [-0.4, -0.2) is 8.42 Å². The topological polar surface area (TPSA) is 86.2 Å². The molecule has 0 amide bonds. The van der Waals surface area contributed by atoms with Crippen molar-refractivity contribution in [3.05, 3.63) is 60.2 Å². The molecule has 0 fully saturated rings. The summed E-state index contributed by atoms with van der Waals surface area (Å²) in [5, 5.41) is 4.84. The number of rotatable bonds is 1. The summed E-state index contributed by atoms with van der Waals surface area (Å²) in [6.07, 6.45) is 0. The Morgan fingerprint density at radius 1 is 0.895 bits per heavy atom. The summed E-state index contributed by atoms with van der Waals surface area (Å²) >= 11 is 0. The van der Waals surface area contributed by atoms with E-state index < -0.39 is 10.0 Å². The number of primary sulfonamides is 1. The molecule has 0 saturated carbocycles. The fourth-order valence-corrected chi connectivity index (χ4v) is 1.71. The molecule has 0 aliphatic carbocycles. The predicted molar refractivity (Wildman–Crippen MR) is 75.9 cm³/mol. The molecule has 4 nitrogen and oxygen atoms in total. The lowest BCUT2D eigenvalue weighted by Crippen LogP contribution is -2.11. The summed E-state index contributed by atoms with van der Waals surface area (Å²) in [6, 6.07) is 16.0. The Morgan fingerprint density at radius 2 is 1.37 bits per heavy atom. The average molecular weight is 284 g/mol. The van der Waals surface area contributed by atoms with Crippen molar-refractivity contribution in [1.29, 1.82) is 0 Å². The van der Waals surface area contributed by atoms with Crippen LogP contribution in [0.4, 0.5) is 10.4 Å². The first-order chi connectivity index (χ1) is 8.39. The van der Waals surface area contributed by atoms with Gasteiger partial charge in [-0.25, -0.2) is 13.6 Å². The number of sulfonamides is 1. The molecule has 0 atom stereocenters. The predicted octanol–water partition coefficient (Wildman–Crippen LogP) is 2.06. The van der Waals surface area contributed by atoms with Crippen LogP contribution in [0.2, 0.25) is 0 Å². The van der Waals surface area contributed by atoms with Crippen molar-refractivity contribution in [2.75, 3.05) is 5.73 Å².